The molecule has 6 heteroatoms. The van der Waals surface area contributed by atoms with Gasteiger partial charge in [-0.2, -0.15) is 0 Å². The van der Waals surface area contributed by atoms with Gasteiger partial charge in [-0.05, 0) is 36.4 Å². The summed E-state index contributed by atoms with van der Waals surface area (Å²) in [6.07, 6.45) is 0. The largest absolute Gasteiger partial charge is 0.368 e. The Kier molecular flexibility index (Phi) is 5.19. The molecule has 1 aliphatic heterocycles. The molecule has 0 radical (unpaired) electrons. The second-order valence-corrected chi connectivity index (χ2v) is 6.79. The number of anilines is 3. The van der Waals surface area contributed by atoms with Crippen LogP contribution in [0.5, 0.6) is 0 Å². The summed E-state index contributed by atoms with van der Waals surface area (Å²) in [6, 6.07) is 23.8. The Morgan fingerprint density at radius 3 is 2.07 bits per heavy atom. The van der Waals surface area contributed by atoms with Crippen molar-refractivity contribution < 1.29 is 4.79 Å². The number of hydrogen-bond donors (Lipinski definition) is 0. The summed E-state index contributed by atoms with van der Waals surface area (Å²) in [7, 11) is 1.93. The third-order valence-corrected chi connectivity index (χ3v) is 5.04. The first-order valence-electron chi connectivity index (χ1n) is 9.44. The molecule has 2 aromatic carbocycles. The van der Waals surface area contributed by atoms with Crippen molar-refractivity contribution in [3.8, 4) is 0 Å². The van der Waals surface area contributed by atoms with Crippen molar-refractivity contribution in [2.24, 2.45) is 0 Å². The molecule has 6 nitrogen and oxygen atoms in total. The smallest absolute Gasteiger partial charge is 0.274 e. The van der Waals surface area contributed by atoms with Crippen LogP contribution in [-0.4, -0.2) is 54.2 Å². The van der Waals surface area contributed by atoms with Gasteiger partial charge in [-0.3, -0.25) is 4.79 Å². The lowest BCUT2D eigenvalue weighted by molar-refractivity contribution is 0.0739. The number of aromatic nitrogens is 2. The lowest BCUT2D eigenvalue weighted by Gasteiger charge is -2.35. The second kappa shape index (κ2) is 8.08. The molecule has 3 aromatic rings. The van der Waals surface area contributed by atoms with Gasteiger partial charge >= 0.3 is 0 Å². The SMILES string of the molecule is CN(c1ccccc1)c1ccc(C(=O)N2CCN(c3ccccc3)CC2)nn1. The van der Waals surface area contributed by atoms with Gasteiger partial charge in [0.2, 0.25) is 0 Å². The van der Waals surface area contributed by atoms with E-state index in [1.54, 1.807) is 6.07 Å². The fourth-order valence-electron chi connectivity index (χ4n) is 3.37. The summed E-state index contributed by atoms with van der Waals surface area (Å²) in [6.45, 7) is 3.00. The lowest BCUT2D eigenvalue weighted by atomic mass is 10.2. The molecular formula is C22H23N5O. The maximum Gasteiger partial charge on any atom is 0.274 e. The molecule has 0 saturated carbocycles. The third kappa shape index (κ3) is 3.81. The van der Waals surface area contributed by atoms with Crippen molar-refractivity contribution >= 4 is 23.1 Å². The average Bonchev–Trinajstić information content (AvgIpc) is 2.79. The first kappa shape index (κ1) is 18.0. The molecule has 4 rings (SSSR count). The van der Waals surface area contributed by atoms with Crippen molar-refractivity contribution in [3.63, 3.8) is 0 Å². The fourth-order valence-corrected chi connectivity index (χ4v) is 3.37. The topological polar surface area (TPSA) is 52.6 Å². The summed E-state index contributed by atoms with van der Waals surface area (Å²) >= 11 is 0. The van der Waals surface area contributed by atoms with Gasteiger partial charge in [-0.1, -0.05) is 36.4 Å². The van der Waals surface area contributed by atoms with E-state index in [2.05, 4.69) is 27.2 Å². The molecule has 0 spiro atoms. The van der Waals surface area contributed by atoms with Crippen LogP contribution in [0, 0.1) is 0 Å². The Labute approximate surface area is 165 Å². The van der Waals surface area contributed by atoms with E-state index in [0.717, 1.165) is 18.8 Å². The van der Waals surface area contributed by atoms with Crippen LogP contribution in [0.4, 0.5) is 17.2 Å². The number of carbonyl (C=O) groups is 1. The van der Waals surface area contributed by atoms with Crippen molar-refractivity contribution in [1.82, 2.24) is 15.1 Å². The Hall–Kier alpha value is -3.41. The van der Waals surface area contributed by atoms with E-state index >= 15 is 0 Å². The highest BCUT2D eigenvalue weighted by molar-refractivity contribution is 5.92. The molecule has 2 heterocycles. The van der Waals surface area contributed by atoms with Gasteiger partial charge in [0.05, 0.1) is 0 Å². The van der Waals surface area contributed by atoms with Crippen LogP contribution in [0.1, 0.15) is 10.5 Å². The van der Waals surface area contributed by atoms with Gasteiger partial charge in [0.15, 0.2) is 11.5 Å². The highest BCUT2D eigenvalue weighted by Crippen LogP contribution is 2.21. The standard InChI is InChI=1S/C22H23N5O/c1-25(18-8-4-2-5-9-18)21-13-12-20(23-24-21)22(28)27-16-14-26(15-17-27)19-10-6-3-7-11-19/h2-13H,14-17H2,1H3. The molecule has 0 N–H and O–H groups in total. The Morgan fingerprint density at radius 1 is 0.821 bits per heavy atom. The first-order chi connectivity index (χ1) is 13.7. The van der Waals surface area contributed by atoms with Gasteiger partial charge < -0.3 is 14.7 Å². The summed E-state index contributed by atoms with van der Waals surface area (Å²) in [5.74, 6) is 0.644. The highest BCUT2D eigenvalue weighted by atomic mass is 16.2. The molecule has 142 valence electrons. The van der Waals surface area contributed by atoms with E-state index in [-0.39, 0.29) is 5.91 Å². The number of carbonyl (C=O) groups excluding carboxylic acids is 1. The van der Waals surface area contributed by atoms with E-state index in [1.807, 2.05) is 71.4 Å². The highest BCUT2D eigenvalue weighted by Gasteiger charge is 2.23. The number of amides is 1. The molecule has 1 amide bonds. The minimum absolute atomic E-state index is 0.0610. The van der Waals surface area contributed by atoms with Crippen molar-refractivity contribution in [2.75, 3.05) is 43.0 Å². The summed E-state index contributed by atoms with van der Waals surface area (Å²) in [5, 5.41) is 8.43. The van der Waals surface area contributed by atoms with Crippen molar-refractivity contribution in [1.29, 1.82) is 0 Å². The number of nitrogens with zero attached hydrogens (tertiary/aromatic N) is 5. The van der Waals surface area contributed by atoms with Gasteiger partial charge in [-0.25, -0.2) is 0 Å². The van der Waals surface area contributed by atoms with Crippen molar-refractivity contribution in [3.05, 3.63) is 78.5 Å². The van der Waals surface area contributed by atoms with Crippen LogP contribution in [0.25, 0.3) is 0 Å². The molecule has 1 aliphatic rings. The summed E-state index contributed by atoms with van der Waals surface area (Å²) < 4.78 is 0. The molecule has 0 unspecified atom stereocenters. The number of piperazine rings is 1. The molecule has 28 heavy (non-hydrogen) atoms. The average molecular weight is 373 g/mol. The molecule has 1 aromatic heterocycles. The van der Waals surface area contributed by atoms with E-state index in [9.17, 15) is 4.79 Å². The predicted molar refractivity (Wildman–Crippen MR) is 111 cm³/mol. The normalized spacial score (nSPS) is 14.0. The molecule has 1 fully saturated rings. The van der Waals surface area contributed by atoms with Gasteiger partial charge in [0, 0.05) is 44.6 Å². The number of rotatable bonds is 4. The van der Waals surface area contributed by atoms with Crippen LogP contribution in [0.15, 0.2) is 72.8 Å². The minimum Gasteiger partial charge on any atom is -0.368 e. The van der Waals surface area contributed by atoms with E-state index < -0.39 is 0 Å². The van der Waals surface area contributed by atoms with Crippen LogP contribution in [0.3, 0.4) is 0 Å². The van der Waals surface area contributed by atoms with E-state index in [4.69, 9.17) is 0 Å². The quantitative estimate of drug-likeness (QED) is 0.703. The van der Waals surface area contributed by atoms with Crippen molar-refractivity contribution in [2.45, 2.75) is 0 Å². The maximum absolute atomic E-state index is 12.8. The van der Waals surface area contributed by atoms with Crippen LogP contribution in [-0.2, 0) is 0 Å². The fraction of sp³-hybridized carbons (Fsp3) is 0.227. The van der Waals surface area contributed by atoms with Crippen LogP contribution < -0.4 is 9.80 Å². The zero-order valence-corrected chi connectivity index (χ0v) is 15.9. The number of hydrogen-bond acceptors (Lipinski definition) is 5. The third-order valence-electron chi connectivity index (χ3n) is 5.04. The summed E-state index contributed by atoms with van der Waals surface area (Å²) in [5.41, 5.74) is 2.61. The Bertz CT molecular complexity index is 907. The molecular weight excluding hydrogens is 350 g/mol. The predicted octanol–water partition coefficient (Wildman–Crippen LogP) is 3.21. The van der Waals surface area contributed by atoms with Gasteiger partial charge in [0.25, 0.3) is 5.91 Å². The minimum atomic E-state index is -0.0610. The summed E-state index contributed by atoms with van der Waals surface area (Å²) in [4.78, 5) is 18.9. The van der Waals surface area contributed by atoms with Crippen LogP contribution >= 0.6 is 0 Å². The first-order valence-corrected chi connectivity index (χ1v) is 9.44. The van der Waals surface area contributed by atoms with Gasteiger partial charge in [0.1, 0.15) is 0 Å². The molecule has 1 saturated heterocycles. The zero-order valence-electron chi connectivity index (χ0n) is 15.9. The molecule has 0 bridgehead atoms. The Balaban J connectivity index is 1.39. The zero-order chi connectivity index (χ0) is 19.3. The van der Waals surface area contributed by atoms with E-state index in [0.29, 0.717) is 24.6 Å². The van der Waals surface area contributed by atoms with Crippen LogP contribution in [0.2, 0.25) is 0 Å². The monoisotopic (exact) mass is 373 g/mol. The lowest BCUT2D eigenvalue weighted by Crippen LogP contribution is -2.49. The Morgan fingerprint density at radius 2 is 1.46 bits per heavy atom. The molecule has 0 aliphatic carbocycles. The molecule has 0 atom stereocenters. The second-order valence-electron chi connectivity index (χ2n) is 6.79. The maximum atomic E-state index is 12.8. The number of benzene rings is 2. The van der Waals surface area contributed by atoms with E-state index in [1.165, 1.54) is 5.69 Å². The van der Waals surface area contributed by atoms with Gasteiger partial charge in [-0.15, -0.1) is 10.2 Å². The number of para-hydroxylation sites is 2.